The minimum absolute atomic E-state index is 0.0374. The fourth-order valence-corrected chi connectivity index (χ4v) is 4.27. The van der Waals surface area contributed by atoms with E-state index in [1.54, 1.807) is 6.92 Å². The van der Waals surface area contributed by atoms with E-state index in [0.29, 0.717) is 16.6 Å². The van der Waals surface area contributed by atoms with E-state index in [9.17, 15) is 13.5 Å². The lowest BCUT2D eigenvalue weighted by Gasteiger charge is -2.25. The Morgan fingerprint density at radius 3 is 2.55 bits per heavy atom. The summed E-state index contributed by atoms with van der Waals surface area (Å²) in [6.07, 6.45) is 0.512. The van der Waals surface area contributed by atoms with E-state index in [2.05, 4.69) is 20.7 Å². The van der Waals surface area contributed by atoms with Crippen molar-refractivity contribution in [1.82, 2.24) is 4.72 Å². The molecule has 0 radical (unpaired) electrons. The Hall–Kier alpha value is -0.630. The molecule has 0 aromatic heterocycles. The van der Waals surface area contributed by atoms with E-state index < -0.39 is 15.6 Å². The number of nitrogen functional groups attached to an aromatic ring is 1. The molecule has 114 valence electrons. The van der Waals surface area contributed by atoms with Gasteiger partial charge < -0.3 is 10.8 Å². The van der Waals surface area contributed by atoms with Crippen LogP contribution in [0, 0.1) is 5.92 Å². The minimum Gasteiger partial charge on any atom is -0.399 e. The van der Waals surface area contributed by atoms with Crippen molar-refractivity contribution in [2.75, 3.05) is 12.3 Å². The van der Waals surface area contributed by atoms with Gasteiger partial charge in [0.1, 0.15) is 0 Å². The lowest BCUT2D eigenvalue weighted by Crippen LogP contribution is -2.41. The van der Waals surface area contributed by atoms with Gasteiger partial charge in [-0.15, -0.1) is 0 Å². The number of anilines is 1. The molecule has 0 bridgehead atoms. The van der Waals surface area contributed by atoms with Crippen molar-refractivity contribution in [3.63, 3.8) is 0 Å². The van der Waals surface area contributed by atoms with Gasteiger partial charge in [0.05, 0.1) is 10.5 Å². The summed E-state index contributed by atoms with van der Waals surface area (Å²) in [6.45, 7) is 5.52. The van der Waals surface area contributed by atoms with E-state index in [-0.39, 0.29) is 17.4 Å². The van der Waals surface area contributed by atoms with Crippen LogP contribution in [-0.2, 0) is 10.0 Å². The zero-order valence-electron chi connectivity index (χ0n) is 11.9. The SMILES string of the molecule is CC(C)CC(C)(O)CNS(=O)(=O)c1ccc(N)cc1Br. The Balaban J connectivity index is 2.85. The molecule has 0 amide bonds. The average molecular weight is 365 g/mol. The molecule has 1 atom stereocenters. The molecule has 5 nitrogen and oxygen atoms in total. The third kappa shape index (κ3) is 5.05. The summed E-state index contributed by atoms with van der Waals surface area (Å²) in [5, 5.41) is 10.1. The lowest BCUT2D eigenvalue weighted by atomic mass is 9.95. The largest absolute Gasteiger partial charge is 0.399 e. The van der Waals surface area contributed by atoms with Gasteiger partial charge in [-0.3, -0.25) is 0 Å². The van der Waals surface area contributed by atoms with Gasteiger partial charge in [-0.05, 0) is 53.4 Å². The second-order valence-corrected chi connectivity index (χ2v) is 8.20. The summed E-state index contributed by atoms with van der Waals surface area (Å²) in [4.78, 5) is 0.104. The summed E-state index contributed by atoms with van der Waals surface area (Å²) in [7, 11) is -3.69. The molecule has 0 saturated carbocycles. The van der Waals surface area contributed by atoms with E-state index in [4.69, 9.17) is 5.73 Å². The van der Waals surface area contributed by atoms with Crippen molar-refractivity contribution in [1.29, 1.82) is 0 Å². The highest BCUT2D eigenvalue weighted by atomic mass is 79.9. The van der Waals surface area contributed by atoms with Crippen molar-refractivity contribution in [3.05, 3.63) is 22.7 Å². The van der Waals surface area contributed by atoms with Crippen molar-refractivity contribution in [3.8, 4) is 0 Å². The summed E-state index contributed by atoms with van der Waals surface area (Å²) >= 11 is 3.18. The molecular weight excluding hydrogens is 344 g/mol. The predicted molar refractivity (Wildman–Crippen MR) is 83.8 cm³/mol. The number of aliphatic hydroxyl groups is 1. The number of halogens is 1. The van der Waals surface area contributed by atoms with Gasteiger partial charge in [0.2, 0.25) is 10.0 Å². The second-order valence-electron chi connectivity index (χ2n) is 5.61. The van der Waals surface area contributed by atoms with E-state index >= 15 is 0 Å². The first-order valence-electron chi connectivity index (χ1n) is 6.30. The molecule has 0 aliphatic rings. The van der Waals surface area contributed by atoms with Gasteiger partial charge in [-0.2, -0.15) is 0 Å². The first-order chi connectivity index (χ1) is 9.03. The maximum atomic E-state index is 12.2. The van der Waals surface area contributed by atoms with Crippen LogP contribution < -0.4 is 10.5 Å². The number of nitrogens with one attached hydrogen (secondary N) is 1. The fraction of sp³-hybridized carbons (Fsp3) is 0.538. The Morgan fingerprint density at radius 1 is 1.45 bits per heavy atom. The van der Waals surface area contributed by atoms with E-state index in [0.717, 1.165) is 0 Å². The monoisotopic (exact) mass is 364 g/mol. The average Bonchev–Trinajstić information content (AvgIpc) is 2.24. The molecule has 0 spiro atoms. The number of benzene rings is 1. The Labute approximate surface area is 128 Å². The predicted octanol–water partition coefficient (Wildman–Crippen LogP) is 2.11. The second kappa shape index (κ2) is 6.43. The van der Waals surface area contributed by atoms with Gasteiger partial charge in [-0.25, -0.2) is 13.1 Å². The molecule has 0 aliphatic heterocycles. The van der Waals surface area contributed by atoms with Crippen molar-refractivity contribution in [2.24, 2.45) is 5.92 Å². The summed E-state index contributed by atoms with van der Waals surface area (Å²) in [5.41, 5.74) is 4.98. The summed E-state index contributed by atoms with van der Waals surface area (Å²) in [5.74, 6) is 0.276. The third-order valence-electron chi connectivity index (χ3n) is 2.74. The Bertz CT molecular complexity index is 571. The zero-order valence-corrected chi connectivity index (χ0v) is 14.3. The molecule has 20 heavy (non-hydrogen) atoms. The van der Waals surface area contributed by atoms with Crippen LogP contribution in [0.2, 0.25) is 0 Å². The molecule has 7 heteroatoms. The van der Waals surface area contributed by atoms with Crippen LogP contribution in [0.5, 0.6) is 0 Å². The van der Waals surface area contributed by atoms with Crippen molar-refractivity contribution < 1.29 is 13.5 Å². The first-order valence-corrected chi connectivity index (χ1v) is 8.58. The molecule has 4 N–H and O–H groups in total. The van der Waals surface area contributed by atoms with Crippen LogP contribution in [0.15, 0.2) is 27.6 Å². The fourth-order valence-electron chi connectivity index (χ4n) is 2.01. The smallest absolute Gasteiger partial charge is 0.241 e. The van der Waals surface area contributed by atoms with Gasteiger partial charge >= 0.3 is 0 Å². The lowest BCUT2D eigenvalue weighted by molar-refractivity contribution is 0.0437. The van der Waals surface area contributed by atoms with Crippen LogP contribution in [-0.4, -0.2) is 25.7 Å². The number of hydrogen-bond donors (Lipinski definition) is 3. The standard InChI is InChI=1S/C13H21BrN2O3S/c1-9(2)7-13(3,17)8-16-20(18,19)12-5-4-10(15)6-11(12)14/h4-6,9,16-17H,7-8,15H2,1-3H3. The molecule has 1 rings (SSSR count). The quantitative estimate of drug-likeness (QED) is 0.674. The molecular formula is C13H21BrN2O3S. The maximum Gasteiger partial charge on any atom is 0.241 e. The van der Waals surface area contributed by atoms with Gasteiger partial charge in [0.25, 0.3) is 0 Å². The topological polar surface area (TPSA) is 92.4 Å². The summed E-state index contributed by atoms with van der Waals surface area (Å²) < 4.78 is 27.2. The maximum absolute atomic E-state index is 12.2. The highest BCUT2D eigenvalue weighted by molar-refractivity contribution is 9.10. The zero-order chi connectivity index (χ0) is 15.6. The van der Waals surface area contributed by atoms with Crippen molar-refractivity contribution in [2.45, 2.75) is 37.7 Å². The third-order valence-corrected chi connectivity index (χ3v) is 5.11. The van der Waals surface area contributed by atoms with E-state index in [1.807, 2.05) is 13.8 Å². The molecule has 1 aromatic carbocycles. The van der Waals surface area contributed by atoms with E-state index in [1.165, 1.54) is 18.2 Å². The highest BCUT2D eigenvalue weighted by Gasteiger charge is 2.26. The number of nitrogens with two attached hydrogens (primary N) is 1. The molecule has 0 saturated heterocycles. The normalized spacial score (nSPS) is 15.3. The Kier molecular flexibility index (Phi) is 5.60. The van der Waals surface area contributed by atoms with Crippen LogP contribution in [0.25, 0.3) is 0 Å². The molecule has 0 fully saturated rings. The highest BCUT2D eigenvalue weighted by Crippen LogP contribution is 2.24. The van der Waals surface area contributed by atoms with Gasteiger partial charge in [0.15, 0.2) is 0 Å². The molecule has 1 unspecified atom stereocenters. The van der Waals surface area contributed by atoms with Crippen LogP contribution in [0.3, 0.4) is 0 Å². The first kappa shape index (κ1) is 17.4. The van der Waals surface area contributed by atoms with Crippen molar-refractivity contribution >= 4 is 31.6 Å². The molecule has 1 aromatic rings. The van der Waals surface area contributed by atoms with Crippen LogP contribution >= 0.6 is 15.9 Å². The van der Waals surface area contributed by atoms with Gasteiger partial charge in [-0.1, -0.05) is 13.8 Å². The number of hydrogen-bond acceptors (Lipinski definition) is 4. The summed E-state index contributed by atoms with van der Waals surface area (Å²) in [6, 6.07) is 4.48. The number of sulfonamides is 1. The molecule has 0 heterocycles. The molecule has 0 aliphatic carbocycles. The Morgan fingerprint density at radius 2 is 2.05 bits per heavy atom. The van der Waals surface area contributed by atoms with Crippen LogP contribution in [0.1, 0.15) is 27.2 Å². The number of rotatable bonds is 6. The minimum atomic E-state index is -3.69. The van der Waals surface area contributed by atoms with Gasteiger partial charge in [0, 0.05) is 16.7 Å². The van der Waals surface area contributed by atoms with Crippen LogP contribution in [0.4, 0.5) is 5.69 Å².